The Morgan fingerprint density at radius 1 is 1.15 bits per heavy atom. The molecule has 134 valence electrons. The van der Waals surface area contributed by atoms with E-state index in [9.17, 15) is 14.4 Å². The molecule has 0 aromatic heterocycles. The molecule has 0 N–H and O–H groups in total. The number of benzene rings is 2. The van der Waals surface area contributed by atoms with Crippen LogP contribution in [-0.4, -0.2) is 29.4 Å². The van der Waals surface area contributed by atoms with Crippen LogP contribution in [0.2, 0.25) is 0 Å². The molecule has 0 aliphatic carbocycles. The molecule has 1 atom stereocenters. The third kappa shape index (κ3) is 3.67. The number of nitrogens with zero attached hydrogens (tertiary/aromatic N) is 1. The Kier molecular flexibility index (Phi) is 5.46. The third-order valence-corrected chi connectivity index (χ3v) is 4.61. The smallest absolute Gasteiger partial charge is 0.255 e. The van der Waals surface area contributed by atoms with Crippen molar-refractivity contribution >= 4 is 18.5 Å². The van der Waals surface area contributed by atoms with E-state index in [1.807, 2.05) is 37.3 Å². The van der Waals surface area contributed by atoms with Crippen molar-refractivity contribution < 1.29 is 19.1 Å². The van der Waals surface area contributed by atoms with Crippen molar-refractivity contribution in [3.05, 3.63) is 64.7 Å². The van der Waals surface area contributed by atoms with Crippen molar-refractivity contribution in [1.82, 2.24) is 4.90 Å². The number of amides is 1. The second-order valence-corrected chi connectivity index (χ2v) is 6.44. The SMILES string of the molecule is Cc1ccc(COc2cccc3c2CN(C(C=O)CCC=O)C3=O)cc1. The summed E-state index contributed by atoms with van der Waals surface area (Å²) in [6.45, 7) is 2.76. The van der Waals surface area contributed by atoms with Crippen molar-refractivity contribution in [2.75, 3.05) is 0 Å². The number of hydrogen-bond acceptors (Lipinski definition) is 4. The van der Waals surface area contributed by atoms with Crippen molar-refractivity contribution in [3.8, 4) is 5.75 Å². The zero-order valence-electron chi connectivity index (χ0n) is 14.7. The summed E-state index contributed by atoms with van der Waals surface area (Å²) in [5.74, 6) is 0.461. The molecule has 26 heavy (non-hydrogen) atoms. The van der Waals surface area contributed by atoms with Crippen LogP contribution >= 0.6 is 0 Å². The Morgan fingerprint density at radius 2 is 1.92 bits per heavy atom. The lowest BCUT2D eigenvalue weighted by molar-refractivity contribution is -0.112. The minimum Gasteiger partial charge on any atom is -0.489 e. The van der Waals surface area contributed by atoms with Gasteiger partial charge in [0.2, 0.25) is 0 Å². The van der Waals surface area contributed by atoms with E-state index >= 15 is 0 Å². The zero-order valence-corrected chi connectivity index (χ0v) is 14.7. The number of aldehydes is 2. The number of fused-ring (bicyclic) bond motifs is 1. The van der Waals surface area contributed by atoms with Gasteiger partial charge in [-0.3, -0.25) is 4.79 Å². The Hall–Kier alpha value is -2.95. The number of carbonyl (C=O) groups excluding carboxylic acids is 3. The van der Waals surface area contributed by atoms with Crippen LogP contribution in [0, 0.1) is 6.92 Å². The summed E-state index contributed by atoms with van der Waals surface area (Å²) < 4.78 is 5.94. The quantitative estimate of drug-likeness (QED) is 0.686. The normalized spacial score (nSPS) is 14.0. The average molecular weight is 351 g/mol. The number of rotatable bonds is 8. The van der Waals surface area contributed by atoms with E-state index in [0.717, 1.165) is 23.7 Å². The molecule has 1 aliphatic heterocycles. The fourth-order valence-electron chi connectivity index (χ4n) is 3.11. The van der Waals surface area contributed by atoms with Crippen molar-refractivity contribution in [1.29, 1.82) is 0 Å². The standard InChI is InChI=1S/C21H21NO4/c1-15-7-9-16(10-8-15)14-26-20-6-2-5-18-19(20)12-22(21(18)25)17(13-24)4-3-11-23/h2,5-11,13,17H,3-4,12,14H2,1H3. The largest absolute Gasteiger partial charge is 0.489 e. The van der Waals surface area contributed by atoms with Gasteiger partial charge in [0.05, 0.1) is 12.6 Å². The van der Waals surface area contributed by atoms with Gasteiger partial charge in [-0.1, -0.05) is 35.9 Å². The molecule has 1 heterocycles. The maximum Gasteiger partial charge on any atom is 0.255 e. The van der Waals surface area contributed by atoms with Gasteiger partial charge in [-0.05, 0) is 31.0 Å². The first-order valence-corrected chi connectivity index (χ1v) is 8.64. The van der Waals surface area contributed by atoms with Gasteiger partial charge in [0, 0.05) is 17.5 Å². The Bertz CT molecular complexity index is 813. The van der Waals surface area contributed by atoms with Crippen LogP contribution in [0.15, 0.2) is 42.5 Å². The van der Waals surface area contributed by atoms with Gasteiger partial charge in [-0.2, -0.15) is 0 Å². The first-order valence-electron chi connectivity index (χ1n) is 8.64. The summed E-state index contributed by atoms with van der Waals surface area (Å²) in [7, 11) is 0. The molecule has 0 saturated heterocycles. The van der Waals surface area contributed by atoms with E-state index in [-0.39, 0.29) is 12.3 Å². The van der Waals surface area contributed by atoms with E-state index in [4.69, 9.17) is 4.74 Å². The predicted molar refractivity (Wildman–Crippen MR) is 97.0 cm³/mol. The number of carbonyl (C=O) groups is 3. The number of hydrogen-bond donors (Lipinski definition) is 0. The highest BCUT2D eigenvalue weighted by Gasteiger charge is 2.34. The van der Waals surface area contributed by atoms with E-state index < -0.39 is 6.04 Å². The van der Waals surface area contributed by atoms with Crippen molar-refractivity contribution in [3.63, 3.8) is 0 Å². The summed E-state index contributed by atoms with van der Waals surface area (Å²) in [4.78, 5) is 36.1. The molecule has 0 spiro atoms. The molecule has 3 rings (SSSR count). The highest BCUT2D eigenvalue weighted by Crippen LogP contribution is 2.33. The molecule has 2 aromatic carbocycles. The minimum absolute atomic E-state index is 0.191. The van der Waals surface area contributed by atoms with Crippen LogP contribution < -0.4 is 4.74 Å². The lowest BCUT2D eigenvalue weighted by atomic mass is 10.1. The Morgan fingerprint density at radius 3 is 2.62 bits per heavy atom. The lowest BCUT2D eigenvalue weighted by Gasteiger charge is -2.22. The molecule has 1 aliphatic rings. The molecular weight excluding hydrogens is 330 g/mol. The lowest BCUT2D eigenvalue weighted by Crippen LogP contribution is -2.36. The van der Waals surface area contributed by atoms with Crippen molar-refractivity contribution in [2.45, 2.75) is 39.0 Å². The molecule has 0 fully saturated rings. The molecule has 5 heteroatoms. The van der Waals surface area contributed by atoms with Gasteiger partial charge < -0.3 is 19.2 Å². The summed E-state index contributed by atoms with van der Waals surface area (Å²) in [6.07, 6.45) is 2.09. The third-order valence-electron chi connectivity index (χ3n) is 4.61. The average Bonchev–Trinajstić information content (AvgIpc) is 2.99. The van der Waals surface area contributed by atoms with E-state index in [1.54, 1.807) is 12.1 Å². The Labute approximate surface area is 152 Å². The monoisotopic (exact) mass is 351 g/mol. The van der Waals surface area contributed by atoms with Crippen molar-refractivity contribution in [2.24, 2.45) is 0 Å². The van der Waals surface area contributed by atoms with Crippen LogP contribution in [0.5, 0.6) is 5.75 Å². The van der Waals surface area contributed by atoms with Crippen LogP contribution in [0.25, 0.3) is 0 Å². The van der Waals surface area contributed by atoms with Gasteiger partial charge in [-0.25, -0.2) is 0 Å². The van der Waals surface area contributed by atoms with Crippen LogP contribution in [0.1, 0.15) is 39.9 Å². The molecule has 0 bridgehead atoms. The molecule has 2 aromatic rings. The second-order valence-electron chi connectivity index (χ2n) is 6.44. The van der Waals surface area contributed by atoms with Crippen LogP contribution in [0.3, 0.4) is 0 Å². The second kappa shape index (κ2) is 7.95. The van der Waals surface area contributed by atoms with Crippen LogP contribution in [-0.2, 0) is 22.7 Å². The fourth-order valence-corrected chi connectivity index (χ4v) is 3.11. The van der Waals surface area contributed by atoms with Gasteiger partial charge in [0.15, 0.2) is 0 Å². The summed E-state index contributed by atoms with van der Waals surface area (Å²) >= 11 is 0. The maximum absolute atomic E-state index is 12.6. The van der Waals surface area contributed by atoms with Gasteiger partial charge in [0.25, 0.3) is 5.91 Å². The zero-order chi connectivity index (χ0) is 18.5. The molecule has 5 nitrogen and oxygen atoms in total. The molecule has 0 saturated carbocycles. The first-order chi connectivity index (χ1) is 12.6. The van der Waals surface area contributed by atoms with Gasteiger partial charge in [-0.15, -0.1) is 0 Å². The van der Waals surface area contributed by atoms with Gasteiger partial charge in [0.1, 0.15) is 24.9 Å². The van der Waals surface area contributed by atoms with Crippen LogP contribution in [0.4, 0.5) is 0 Å². The summed E-state index contributed by atoms with van der Waals surface area (Å²) in [5.41, 5.74) is 3.59. The highest BCUT2D eigenvalue weighted by atomic mass is 16.5. The molecule has 1 unspecified atom stereocenters. The topological polar surface area (TPSA) is 63.7 Å². The first kappa shape index (κ1) is 17.9. The number of aryl methyl sites for hydroxylation is 1. The van der Waals surface area contributed by atoms with E-state index in [0.29, 0.717) is 30.9 Å². The minimum atomic E-state index is -0.593. The van der Waals surface area contributed by atoms with E-state index in [2.05, 4.69) is 0 Å². The maximum atomic E-state index is 12.6. The predicted octanol–water partition coefficient (Wildman–Crippen LogP) is 3.08. The summed E-state index contributed by atoms with van der Waals surface area (Å²) in [6, 6.07) is 12.9. The number of ether oxygens (including phenoxy) is 1. The highest BCUT2D eigenvalue weighted by molar-refractivity contribution is 6.00. The molecule has 0 radical (unpaired) electrons. The summed E-state index contributed by atoms with van der Waals surface area (Å²) in [5, 5.41) is 0. The van der Waals surface area contributed by atoms with Gasteiger partial charge >= 0.3 is 0 Å². The molecular formula is C21H21NO4. The molecule has 1 amide bonds. The Balaban J connectivity index is 1.77. The fraction of sp³-hybridized carbons (Fsp3) is 0.286. The van der Waals surface area contributed by atoms with E-state index in [1.165, 1.54) is 10.5 Å².